The average Bonchev–Trinajstić information content (AvgIpc) is 2.36. The van der Waals surface area contributed by atoms with Crippen molar-refractivity contribution in [3.05, 3.63) is 23.8 Å². The molecule has 0 aliphatic heterocycles. The largest absolute Gasteiger partial charge is 0.474 e. The summed E-state index contributed by atoms with van der Waals surface area (Å²) in [5, 5.41) is 0. The number of alkyl halides is 7. The molecule has 1 unspecified atom stereocenters. The fourth-order valence-corrected chi connectivity index (χ4v) is 1.96. The zero-order valence-electron chi connectivity index (χ0n) is 11.6. The molecule has 0 amide bonds. The predicted molar refractivity (Wildman–Crippen MR) is 66.1 cm³/mol. The topological polar surface area (TPSA) is 46.5 Å². The monoisotopic (exact) mass is 368 g/mol. The molecule has 132 valence electrons. The number of ether oxygens (including phenoxy) is 1. The highest BCUT2D eigenvalue weighted by molar-refractivity contribution is 7.79. The van der Waals surface area contributed by atoms with Crippen LogP contribution in [0.3, 0.4) is 0 Å². The minimum absolute atomic E-state index is 0.220. The highest BCUT2D eigenvalue weighted by Gasteiger charge is 2.75. The Hall–Kier alpha value is -1.36. The lowest BCUT2D eigenvalue weighted by Crippen LogP contribution is -2.55. The molecule has 0 aliphatic carbocycles. The quantitative estimate of drug-likeness (QED) is 0.612. The molecule has 0 spiro atoms. The SMILES string of the molecule is CC(C)c1cc(S(=O)O)ccc1OC(F)(F)C(F)(F)C(F)(F)F. The lowest BCUT2D eigenvalue weighted by molar-refractivity contribution is -0.403. The number of hydrogen-bond acceptors (Lipinski definition) is 2. The summed E-state index contributed by atoms with van der Waals surface area (Å²) in [6.07, 6.45) is -12.4. The first kappa shape index (κ1) is 19.7. The molecule has 1 atom stereocenters. The lowest BCUT2D eigenvalue weighted by Gasteiger charge is -2.29. The van der Waals surface area contributed by atoms with Gasteiger partial charge in [-0.05, 0) is 29.7 Å². The van der Waals surface area contributed by atoms with Gasteiger partial charge in [-0.2, -0.15) is 30.7 Å². The Balaban J connectivity index is 3.30. The van der Waals surface area contributed by atoms with E-state index in [0.29, 0.717) is 6.07 Å². The van der Waals surface area contributed by atoms with Gasteiger partial charge in [0.05, 0.1) is 4.90 Å². The molecule has 1 aromatic rings. The summed E-state index contributed by atoms with van der Waals surface area (Å²) < 4.78 is 112. The van der Waals surface area contributed by atoms with Crippen molar-refractivity contribution in [2.75, 3.05) is 0 Å². The second-order valence-corrected chi connectivity index (χ2v) is 5.76. The van der Waals surface area contributed by atoms with Crippen molar-refractivity contribution in [1.29, 1.82) is 0 Å². The van der Waals surface area contributed by atoms with Crippen molar-refractivity contribution in [3.8, 4) is 5.75 Å². The molecular weight excluding hydrogens is 357 g/mol. The van der Waals surface area contributed by atoms with Crippen LogP contribution in [0.5, 0.6) is 5.75 Å². The van der Waals surface area contributed by atoms with Crippen LogP contribution in [0.2, 0.25) is 0 Å². The van der Waals surface area contributed by atoms with Gasteiger partial charge in [0.25, 0.3) is 0 Å². The van der Waals surface area contributed by atoms with E-state index in [9.17, 15) is 34.9 Å². The molecule has 0 fully saturated rings. The highest BCUT2D eigenvalue weighted by atomic mass is 32.2. The van der Waals surface area contributed by atoms with Crippen molar-refractivity contribution in [3.63, 3.8) is 0 Å². The highest BCUT2D eigenvalue weighted by Crippen LogP contribution is 2.48. The molecule has 0 aromatic heterocycles. The van der Waals surface area contributed by atoms with Crippen molar-refractivity contribution in [2.45, 2.75) is 42.9 Å². The van der Waals surface area contributed by atoms with Crippen LogP contribution in [-0.2, 0) is 11.1 Å². The summed E-state index contributed by atoms with van der Waals surface area (Å²) in [5.74, 6) is -8.00. The second-order valence-electron chi connectivity index (χ2n) is 4.79. The van der Waals surface area contributed by atoms with E-state index in [0.717, 1.165) is 12.1 Å². The number of halogens is 7. The average molecular weight is 368 g/mol. The number of benzene rings is 1. The van der Waals surface area contributed by atoms with E-state index < -0.39 is 41.0 Å². The molecule has 1 rings (SSSR count). The first-order chi connectivity index (χ1) is 10.2. The van der Waals surface area contributed by atoms with Crippen molar-refractivity contribution < 1.29 is 44.2 Å². The van der Waals surface area contributed by atoms with Gasteiger partial charge in [-0.15, -0.1) is 0 Å². The van der Waals surface area contributed by atoms with E-state index in [1.54, 1.807) is 0 Å². The molecule has 3 nitrogen and oxygen atoms in total. The molecule has 23 heavy (non-hydrogen) atoms. The standard InChI is InChI=1S/C12H11F7O3S/c1-6(2)8-5-7(23(20)21)3-4-9(8)22-12(18,19)10(13,14)11(15,16)17/h3-6H,1-2H3,(H,20,21). The Labute approximate surface area is 128 Å². The summed E-state index contributed by atoms with van der Waals surface area (Å²) >= 11 is -2.49. The van der Waals surface area contributed by atoms with Crippen LogP contribution in [0, 0.1) is 0 Å². The number of hydrogen-bond donors (Lipinski definition) is 1. The van der Waals surface area contributed by atoms with Crippen molar-refractivity contribution >= 4 is 11.1 Å². The molecule has 11 heteroatoms. The van der Waals surface area contributed by atoms with Gasteiger partial charge in [0, 0.05) is 0 Å². The van der Waals surface area contributed by atoms with E-state index in [1.165, 1.54) is 13.8 Å². The third-order valence-electron chi connectivity index (χ3n) is 2.76. The summed E-state index contributed by atoms with van der Waals surface area (Å²) in [5.41, 5.74) is -0.220. The molecular formula is C12H11F7O3S. The molecule has 0 bridgehead atoms. The first-order valence-electron chi connectivity index (χ1n) is 5.97. The fourth-order valence-electron chi connectivity index (χ4n) is 1.55. The maximum Gasteiger partial charge on any atom is 0.474 e. The van der Waals surface area contributed by atoms with Crippen LogP contribution < -0.4 is 4.74 Å². The second kappa shape index (κ2) is 6.27. The number of rotatable bonds is 5. The van der Waals surface area contributed by atoms with Crippen molar-refractivity contribution in [2.24, 2.45) is 0 Å². The normalized spacial score (nSPS) is 14.9. The van der Waals surface area contributed by atoms with Gasteiger partial charge in [0.15, 0.2) is 11.1 Å². The third-order valence-corrected chi connectivity index (χ3v) is 3.42. The fraction of sp³-hybridized carbons (Fsp3) is 0.500. The third kappa shape index (κ3) is 3.94. The molecule has 0 aliphatic rings. The van der Waals surface area contributed by atoms with Gasteiger partial charge in [-0.25, -0.2) is 4.21 Å². The molecule has 0 heterocycles. The Bertz CT molecular complexity index is 599. The molecule has 0 radical (unpaired) electrons. The van der Waals surface area contributed by atoms with Gasteiger partial charge in [0.1, 0.15) is 5.75 Å². The summed E-state index contributed by atoms with van der Waals surface area (Å²) in [4.78, 5) is -0.244. The minimum atomic E-state index is -6.51. The van der Waals surface area contributed by atoms with E-state index in [1.807, 2.05) is 0 Å². The zero-order valence-corrected chi connectivity index (χ0v) is 12.4. The Morgan fingerprint density at radius 2 is 1.61 bits per heavy atom. The van der Waals surface area contributed by atoms with Gasteiger partial charge < -0.3 is 9.29 Å². The van der Waals surface area contributed by atoms with Gasteiger partial charge in [-0.1, -0.05) is 13.8 Å². The Morgan fingerprint density at radius 3 is 2.00 bits per heavy atom. The van der Waals surface area contributed by atoms with Crippen molar-refractivity contribution in [1.82, 2.24) is 0 Å². The molecule has 0 saturated heterocycles. The molecule has 0 saturated carbocycles. The molecule has 1 N–H and O–H groups in total. The maximum absolute atomic E-state index is 13.3. The van der Waals surface area contributed by atoms with Crippen LogP contribution in [0.25, 0.3) is 0 Å². The summed E-state index contributed by atoms with van der Waals surface area (Å²) in [6.45, 7) is 2.82. The van der Waals surface area contributed by atoms with E-state index >= 15 is 0 Å². The summed E-state index contributed by atoms with van der Waals surface area (Å²) in [6, 6.07) is 2.36. The lowest BCUT2D eigenvalue weighted by atomic mass is 10.0. The maximum atomic E-state index is 13.3. The van der Waals surface area contributed by atoms with Crippen LogP contribution >= 0.6 is 0 Å². The first-order valence-corrected chi connectivity index (χ1v) is 7.07. The van der Waals surface area contributed by atoms with Crippen LogP contribution in [-0.4, -0.2) is 27.0 Å². The van der Waals surface area contributed by atoms with Crippen LogP contribution in [0.4, 0.5) is 30.7 Å². The summed E-state index contributed by atoms with van der Waals surface area (Å²) in [7, 11) is 0. The Kier molecular flexibility index (Phi) is 5.36. The van der Waals surface area contributed by atoms with E-state index in [-0.39, 0.29) is 10.5 Å². The van der Waals surface area contributed by atoms with Gasteiger partial charge in [-0.3, -0.25) is 0 Å². The predicted octanol–water partition coefficient (Wildman–Crippen LogP) is 4.56. The van der Waals surface area contributed by atoms with Gasteiger partial charge in [0.2, 0.25) is 0 Å². The van der Waals surface area contributed by atoms with E-state index in [4.69, 9.17) is 4.55 Å². The molecule has 1 aromatic carbocycles. The minimum Gasteiger partial charge on any atom is -0.427 e. The zero-order chi connectivity index (χ0) is 18.2. The van der Waals surface area contributed by atoms with Gasteiger partial charge >= 0.3 is 18.2 Å². The van der Waals surface area contributed by atoms with Crippen LogP contribution in [0.15, 0.2) is 23.1 Å². The smallest absolute Gasteiger partial charge is 0.427 e. The van der Waals surface area contributed by atoms with Crippen LogP contribution in [0.1, 0.15) is 25.3 Å². The van der Waals surface area contributed by atoms with E-state index in [2.05, 4.69) is 4.74 Å². The Morgan fingerprint density at radius 1 is 1.09 bits per heavy atom.